The van der Waals surface area contributed by atoms with Crippen LogP contribution in [0.15, 0.2) is 41.4 Å². The molecule has 0 saturated heterocycles. The Bertz CT molecular complexity index is 836. The molecule has 136 valence electrons. The molecule has 7 heteroatoms. The van der Waals surface area contributed by atoms with E-state index in [9.17, 15) is 8.78 Å². The van der Waals surface area contributed by atoms with Crippen molar-refractivity contribution in [2.75, 3.05) is 13.8 Å². The van der Waals surface area contributed by atoms with Crippen molar-refractivity contribution in [3.8, 4) is 11.5 Å². The predicted octanol–water partition coefficient (Wildman–Crippen LogP) is 2.91. The van der Waals surface area contributed by atoms with Crippen LogP contribution >= 0.6 is 0 Å². The average molecular weight is 359 g/mol. The van der Waals surface area contributed by atoms with Gasteiger partial charge < -0.3 is 20.1 Å². The molecule has 0 spiro atoms. The Hall–Kier alpha value is -2.83. The molecule has 4 rings (SSSR count). The summed E-state index contributed by atoms with van der Waals surface area (Å²) in [6.45, 7) is 0.785. The lowest BCUT2D eigenvalue weighted by Crippen LogP contribution is -2.38. The van der Waals surface area contributed by atoms with Crippen LogP contribution in [0.2, 0.25) is 0 Å². The molecule has 2 aromatic carbocycles. The molecule has 0 radical (unpaired) electrons. The first-order valence-electron chi connectivity index (χ1n) is 8.45. The van der Waals surface area contributed by atoms with Crippen LogP contribution in [0, 0.1) is 11.6 Å². The summed E-state index contributed by atoms with van der Waals surface area (Å²) in [6, 6.07) is 9.66. The van der Waals surface area contributed by atoms with Gasteiger partial charge in [-0.3, -0.25) is 4.99 Å². The number of nitrogens with zero attached hydrogens (tertiary/aromatic N) is 1. The first-order chi connectivity index (χ1) is 12.7. The van der Waals surface area contributed by atoms with Crippen molar-refractivity contribution in [1.29, 1.82) is 0 Å². The van der Waals surface area contributed by atoms with Crippen LogP contribution < -0.4 is 20.1 Å². The van der Waals surface area contributed by atoms with Gasteiger partial charge in [0.1, 0.15) is 11.6 Å². The fourth-order valence-electron chi connectivity index (χ4n) is 3.15. The van der Waals surface area contributed by atoms with Crippen LogP contribution in [0.1, 0.15) is 23.5 Å². The summed E-state index contributed by atoms with van der Waals surface area (Å²) in [6.07, 6.45) is 0.669. The zero-order valence-corrected chi connectivity index (χ0v) is 14.3. The van der Waals surface area contributed by atoms with Crippen molar-refractivity contribution in [2.45, 2.75) is 24.9 Å². The Labute approximate surface area is 150 Å². The molecule has 2 aromatic rings. The van der Waals surface area contributed by atoms with Crippen molar-refractivity contribution in [3.63, 3.8) is 0 Å². The molecule has 2 unspecified atom stereocenters. The zero-order valence-electron chi connectivity index (χ0n) is 14.3. The number of guanidine groups is 1. The highest BCUT2D eigenvalue weighted by atomic mass is 19.1. The van der Waals surface area contributed by atoms with E-state index in [1.165, 1.54) is 18.2 Å². The van der Waals surface area contributed by atoms with Gasteiger partial charge in [0.15, 0.2) is 17.5 Å². The van der Waals surface area contributed by atoms with Crippen molar-refractivity contribution >= 4 is 5.96 Å². The summed E-state index contributed by atoms with van der Waals surface area (Å²) in [7, 11) is 1.66. The van der Waals surface area contributed by atoms with Gasteiger partial charge in [-0.2, -0.15) is 0 Å². The number of hydrogen-bond donors (Lipinski definition) is 2. The van der Waals surface area contributed by atoms with Crippen molar-refractivity contribution < 1.29 is 18.3 Å². The molecule has 1 aliphatic carbocycles. The SMILES string of the molecule is CN=C(NCc1ccc2c(c1)OCO2)NC1CC1c1c(F)cccc1F. The van der Waals surface area contributed by atoms with Gasteiger partial charge in [-0.15, -0.1) is 0 Å². The highest BCUT2D eigenvalue weighted by Crippen LogP contribution is 2.43. The zero-order chi connectivity index (χ0) is 18.1. The molecule has 5 nitrogen and oxygen atoms in total. The van der Waals surface area contributed by atoms with Gasteiger partial charge in [-0.1, -0.05) is 12.1 Å². The van der Waals surface area contributed by atoms with Gasteiger partial charge in [0, 0.05) is 31.1 Å². The van der Waals surface area contributed by atoms with E-state index >= 15 is 0 Å². The number of rotatable bonds is 4. The maximum Gasteiger partial charge on any atom is 0.231 e. The van der Waals surface area contributed by atoms with Gasteiger partial charge in [0.25, 0.3) is 0 Å². The molecule has 2 atom stereocenters. The maximum atomic E-state index is 13.9. The highest BCUT2D eigenvalue weighted by Gasteiger charge is 2.42. The lowest BCUT2D eigenvalue weighted by molar-refractivity contribution is 0.174. The quantitative estimate of drug-likeness (QED) is 0.651. The molecule has 0 bridgehead atoms. The molecule has 2 N–H and O–H groups in total. The number of fused-ring (bicyclic) bond motifs is 1. The van der Waals surface area contributed by atoms with Crippen LogP contribution in [0.25, 0.3) is 0 Å². The van der Waals surface area contributed by atoms with E-state index in [-0.39, 0.29) is 24.3 Å². The first-order valence-corrected chi connectivity index (χ1v) is 8.45. The Balaban J connectivity index is 1.35. The molecule has 1 saturated carbocycles. The van der Waals surface area contributed by atoms with E-state index in [1.54, 1.807) is 7.05 Å². The second kappa shape index (κ2) is 6.82. The molecule has 0 aromatic heterocycles. The van der Waals surface area contributed by atoms with Crippen molar-refractivity contribution in [1.82, 2.24) is 10.6 Å². The number of hydrogen-bond acceptors (Lipinski definition) is 3. The molecule has 1 heterocycles. The van der Waals surface area contributed by atoms with Gasteiger partial charge in [-0.05, 0) is 36.2 Å². The number of benzene rings is 2. The molecular formula is C19H19F2N3O2. The van der Waals surface area contributed by atoms with Crippen LogP contribution in [0.3, 0.4) is 0 Å². The lowest BCUT2D eigenvalue weighted by atomic mass is 10.1. The van der Waals surface area contributed by atoms with E-state index in [0.29, 0.717) is 18.9 Å². The fraction of sp³-hybridized carbons (Fsp3) is 0.316. The van der Waals surface area contributed by atoms with Crippen LogP contribution in [-0.2, 0) is 6.54 Å². The molecule has 1 fully saturated rings. The van der Waals surface area contributed by atoms with Crippen LogP contribution in [0.5, 0.6) is 11.5 Å². The van der Waals surface area contributed by atoms with E-state index in [2.05, 4.69) is 15.6 Å². The number of aliphatic imine (C=N–C) groups is 1. The normalized spacial score (nSPS) is 20.8. The second-order valence-electron chi connectivity index (χ2n) is 6.34. The van der Waals surface area contributed by atoms with Gasteiger partial charge in [0.05, 0.1) is 0 Å². The number of nitrogens with one attached hydrogen (secondary N) is 2. The van der Waals surface area contributed by atoms with E-state index in [0.717, 1.165) is 17.1 Å². The summed E-state index contributed by atoms with van der Waals surface area (Å²) in [5.41, 5.74) is 1.17. The minimum atomic E-state index is -0.498. The Morgan fingerprint density at radius 1 is 1.15 bits per heavy atom. The largest absolute Gasteiger partial charge is 0.454 e. The third kappa shape index (κ3) is 3.29. The van der Waals surface area contributed by atoms with E-state index in [4.69, 9.17) is 9.47 Å². The minimum absolute atomic E-state index is 0.0376. The predicted molar refractivity (Wildman–Crippen MR) is 93.4 cm³/mol. The van der Waals surface area contributed by atoms with Crippen molar-refractivity contribution in [3.05, 3.63) is 59.2 Å². The monoisotopic (exact) mass is 359 g/mol. The van der Waals surface area contributed by atoms with Crippen LogP contribution in [-0.4, -0.2) is 25.8 Å². The Morgan fingerprint density at radius 3 is 2.69 bits per heavy atom. The van der Waals surface area contributed by atoms with E-state index in [1.807, 2.05) is 18.2 Å². The average Bonchev–Trinajstić information content (AvgIpc) is 3.21. The van der Waals surface area contributed by atoms with Crippen molar-refractivity contribution in [2.24, 2.45) is 4.99 Å². The second-order valence-corrected chi connectivity index (χ2v) is 6.34. The summed E-state index contributed by atoms with van der Waals surface area (Å²) in [5, 5.41) is 6.42. The number of ether oxygens (including phenoxy) is 2. The third-order valence-corrected chi connectivity index (χ3v) is 4.60. The molecule has 26 heavy (non-hydrogen) atoms. The molecule has 1 aliphatic heterocycles. The van der Waals surface area contributed by atoms with Crippen LogP contribution in [0.4, 0.5) is 8.78 Å². The van der Waals surface area contributed by atoms with E-state index < -0.39 is 11.6 Å². The Kier molecular flexibility index (Phi) is 4.36. The lowest BCUT2D eigenvalue weighted by Gasteiger charge is -2.12. The van der Waals surface area contributed by atoms with Gasteiger partial charge in [-0.25, -0.2) is 8.78 Å². The summed E-state index contributed by atoms with van der Waals surface area (Å²) < 4.78 is 38.4. The van der Waals surface area contributed by atoms with Gasteiger partial charge >= 0.3 is 0 Å². The number of halogens is 2. The topological polar surface area (TPSA) is 54.9 Å². The summed E-state index contributed by atoms with van der Waals surface area (Å²) in [5.74, 6) is 0.881. The third-order valence-electron chi connectivity index (χ3n) is 4.60. The summed E-state index contributed by atoms with van der Waals surface area (Å²) in [4.78, 5) is 4.18. The Morgan fingerprint density at radius 2 is 1.92 bits per heavy atom. The van der Waals surface area contributed by atoms with Gasteiger partial charge in [0.2, 0.25) is 6.79 Å². The molecule has 0 amide bonds. The fourth-order valence-corrected chi connectivity index (χ4v) is 3.15. The maximum absolute atomic E-state index is 13.9. The first kappa shape index (κ1) is 16.6. The summed E-state index contributed by atoms with van der Waals surface area (Å²) >= 11 is 0. The smallest absolute Gasteiger partial charge is 0.231 e. The molecule has 2 aliphatic rings. The highest BCUT2D eigenvalue weighted by molar-refractivity contribution is 5.80. The molecular weight excluding hydrogens is 340 g/mol. The minimum Gasteiger partial charge on any atom is -0.454 e. The standard InChI is InChI=1S/C19H19F2N3O2/c1-22-19(23-9-11-5-6-16-17(7-11)26-10-25-16)24-15-8-12(15)18-13(20)3-2-4-14(18)21/h2-7,12,15H,8-10H2,1H3,(H2,22,23,24).